The van der Waals surface area contributed by atoms with Gasteiger partial charge in [-0.3, -0.25) is 9.69 Å². The number of halogens is 2. The molecule has 4 unspecified atom stereocenters. The average Bonchev–Trinajstić information content (AvgIpc) is 2.92. The Labute approximate surface area is 259 Å². The Morgan fingerprint density at radius 1 is 1.00 bits per heavy atom. The molecular weight excluding hydrogens is 557 g/mol. The van der Waals surface area contributed by atoms with Crippen molar-refractivity contribution in [3.63, 3.8) is 0 Å². The van der Waals surface area contributed by atoms with Crippen LogP contribution < -0.4 is 10.1 Å². The third-order valence-electron chi connectivity index (χ3n) is 7.61. The summed E-state index contributed by atoms with van der Waals surface area (Å²) in [6.07, 6.45) is 2.34. The van der Waals surface area contributed by atoms with E-state index in [2.05, 4.69) is 83.6 Å². The van der Waals surface area contributed by atoms with Gasteiger partial charge in [0.25, 0.3) is 5.91 Å². The molecule has 232 valence electrons. The highest BCUT2D eigenvalue weighted by Gasteiger charge is 2.24. The number of ether oxygens (including phenoxy) is 1. The lowest BCUT2D eigenvalue weighted by molar-refractivity contribution is 0.0775. The van der Waals surface area contributed by atoms with Crippen LogP contribution >= 0.6 is 23.2 Å². The summed E-state index contributed by atoms with van der Waals surface area (Å²) in [5, 5.41) is 14.3. The van der Waals surface area contributed by atoms with Crippen molar-refractivity contribution in [3.8, 4) is 5.75 Å². The molecule has 2 N–H and O–H groups in total. The lowest BCUT2D eigenvalue weighted by Crippen LogP contribution is -2.41. The van der Waals surface area contributed by atoms with Gasteiger partial charge in [0.2, 0.25) is 0 Å². The van der Waals surface area contributed by atoms with Crippen LogP contribution in [0.25, 0.3) is 0 Å². The highest BCUT2D eigenvalue weighted by Crippen LogP contribution is 2.31. The second-order valence-corrected chi connectivity index (χ2v) is 12.0. The maximum Gasteiger partial charge on any atom is 0.251 e. The van der Waals surface area contributed by atoms with E-state index in [1.165, 1.54) is 17.5 Å². The SMILES string of the molecule is CCC.CCC(CC(C)N(C)C(C)c1ccc(OCC(O)CN(C)CC)c(C)c1C)NC(=O)c1cc(Cl)cc(Cl)c1. The van der Waals surface area contributed by atoms with E-state index in [4.69, 9.17) is 27.9 Å². The van der Waals surface area contributed by atoms with Gasteiger partial charge >= 0.3 is 0 Å². The van der Waals surface area contributed by atoms with Crippen LogP contribution in [0.5, 0.6) is 5.75 Å². The van der Waals surface area contributed by atoms with E-state index in [9.17, 15) is 9.90 Å². The lowest BCUT2D eigenvalue weighted by Gasteiger charge is -2.34. The van der Waals surface area contributed by atoms with Gasteiger partial charge in [0.1, 0.15) is 18.5 Å². The number of nitrogens with one attached hydrogen (secondary N) is 1. The predicted octanol–water partition coefficient (Wildman–Crippen LogP) is 7.70. The van der Waals surface area contributed by atoms with E-state index in [0.717, 1.165) is 30.7 Å². The van der Waals surface area contributed by atoms with Crippen molar-refractivity contribution in [1.29, 1.82) is 0 Å². The molecule has 1 amide bonds. The number of hydrogen-bond acceptors (Lipinski definition) is 5. The van der Waals surface area contributed by atoms with Gasteiger partial charge < -0.3 is 20.1 Å². The molecule has 0 saturated carbocycles. The lowest BCUT2D eigenvalue weighted by atomic mass is 9.95. The third-order valence-corrected chi connectivity index (χ3v) is 8.04. The highest BCUT2D eigenvalue weighted by atomic mass is 35.5. The fourth-order valence-corrected chi connectivity index (χ4v) is 5.14. The first-order valence-electron chi connectivity index (χ1n) is 14.9. The van der Waals surface area contributed by atoms with Crippen LogP contribution in [0, 0.1) is 13.8 Å². The normalized spacial score (nSPS) is 14.2. The summed E-state index contributed by atoms with van der Waals surface area (Å²) in [6, 6.07) is 9.42. The largest absolute Gasteiger partial charge is 0.491 e. The van der Waals surface area contributed by atoms with Gasteiger partial charge in [-0.05, 0) is 102 Å². The maximum absolute atomic E-state index is 12.8. The zero-order chi connectivity index (χ0) is 31.3. The van der Waals surface area contributed by atoms with Crippen molar-refractivity contribution in [2.24, 2.45) is 0 Å². The van der Waals surface area contributed by atoms with Crippen molar-refractivity contribution >= 4 is 29.1 Å². The van der Waals surface area contributed by atoms with Gasteiger partial charge in [0.15, 0.2) is 0 Å². The van der Waals surface area contributed by atoms with E-state index in [0.29, 0.717) is 22.2 Å². The van der Waals surface area contributed by atoms with Crippen LogP contribution in [-0.2, 0) is 0 Å². The first-order chi connectivity index (χ1) is 19.3. The van der Waals surface area contributed by atoms with Gasteiger partial charge in [-0.1, -0.05) is 63.4 Å². The number of likely N-dealkylation sites (N-methyl/N-ethyl adjacent to an activating group) is 1. The molecule has 2 aromatic carbocycles. The van der Waals surface area contributed by atoms with Crippen molar-refractivity contribution in [2.75, 3.05) is 33.8 Å². The fourth-order valence-electron chi connectivity index (χ4n) is 4.61. The molecule has 0 spiro atoms. The Hall–Kier alpha value is -1.83. The van der Waals surface area contributed by atoms with Crippen LogP contribution in [0.3, 0.4) is 0 Å². The second kappa shape index (κ2) is 18.7. The zero-order valence-corrected chi connectivity index (χ0v) is 28.4. The number of aliphatic hydroxyl groups excluding tert-OH is 1. The summed E-state index contributed by atoms with van der Waals surface area (Å²) >= 11 is 12.2. The molecule has 0 radical (unpaired) electrons. The minimum Gasteiger partial charge on any atom is -0.491 e. The Morgan fingerprint density at radius 2 is 1.59 bits per heavy atom. The molecule has 0 bridgehead atoms. The molecule has 2 rings (SSSR count). The van der Waals surface area contributed by atoms with E-state index in [1.54, 1.807) is 18.2 Å². The van der Waals surface area contributed by atoms with Crippen molar-refractivity contribution in [3.05, 3.63) is 62.6 Å². The quantitative estimate of drug-likeness (QED) is 0.230. The van der Waals surface area contributed by atoms with Crippen LogP contribution in [0.2, 0.25) is 10.0 Å². The summed E-state index contributed by atoms with van der Waals surface area (Å²) in [4.78, 5) is 17.2. The minimum atomic E-state index is -0.534. The van der Waals surface area contributed by atoms with E-state index in [-0.39, 0.29) is 30.6 Å². The fraction of sp³-hybridized carbons (Fsp3) is 0.606. The van der Waals surface area contributed by atoms with Crippen molar-refractivity contribution in [1.82, 2.24) is 15.1 Å². The Morgan fingerprint density at radius 3 is 2.12 bits per heavy atom. The average molecular weight is 611 g/mol. The summed E-state index contributed by atoms with van der Waals surface area (Å²) < 4.78 is 5.98. The number of benzene rings is 2. The van der Waals surface area contributed by atoms with Gasteiger partial charge in [-0.25, -0.2) is 0 Å². The maximum atomic E-state index is 12.8. The van der Waals surface area contributed by atoms with E-state index < -0.39 is 6.10 Å². The number of carbonyl (C=O) groups is 1. The number of nitrogens with zero attached hydrogens (tertiary/aromatic N) is 2. The summed E-state index contributed by atoms with van der Waals surface area (Å²) in [5.41, 5.74) is 3.98. The molecule has 6 nitrogen and oxygen atoms in total. The first-order valence-corrected chi connectivity index (χ1v) is 15.6. The molecule has 0 aliphatic heterocycles. The minimum absolute atomic E-state index is 0.0155. The van der Waals surface area contributed by atoms with Crippen molar-refractivity contribution < 1.29 is 14.6 Å². The number of aliphatic hydroxyl groups is 1. The smallest absolute Gasteiger partial charge is 0.251 e. The number of amides is 1. The number of rotatable bonds is 14. The van der Waals surface area contributed by atoms with Crippen LogP contribution in [0.15, 0.2) is 30.3 Å². The molecule has 0 saturated heterocycles. The molecular formula is C33H53Cl2N3O3. The molecule has 0 aliphatic carbocycles. The second-order valence-electron chi connectivity index (χ2n) is 11.1. The van der Waals surface area contributed by atoms with E-state index >= 15 is 0 Å². The monoisotopic (exact) mass is 609 g/mol. The molecule has 2 aromatic rings. The third kappa shape index (κ3) is 12.1. The summed E-state index contributed by atoms with van der Waals surface area (Å²) in [6.45, 7) is 18.7. The Bertz CT molecular complexity index is 1060. The first kappa shape index (κ1) is 37.2. The summed E-state index contributed by atoms with van der Waals surface area (Å²) in [7, 11) is 4.11. The molecule has 0 aromatic heterocycles. The van der Waals surface area contributed by atoms with Gasteiger partial charge in [0.05, 0.1) is 0 Å². The number of carbonyl (C=O) groups excluding carboxylic acids is 1. The highest BCUT2D eigenvalue weighted by molar-refractivity contribution is 6.35. The van der Waals surface area contributed by atoms with Crippen molar-refractivity contribution in [2.45, 2.75) is 98.9 Å². The van der Waals surface area contributed by atoms with Gasteiger partial charge in [0, 0.05) is 40.3 Å². The molecule has 0 aliphatic rings. The molecule has 41 heavy (non-hydrogen) atoms. The van der Waals surface area contributed by atoms with Gasteiger partial charge in [-0.15, -0.1) is 0 Å². The molecule has 4 atom stereocenters. The summed E-state index contributed by atoms with van der Waals surface area (Å²) in [5.74, 6) is 0.639. The number of hydrogen-bond donors (Lipinski definition) is 2. The van der Waals surface area contributed by atoms with Gasteiger partial charge in [-0.2, -0.15) is 0 Å². The van der Waals surface area contributed by atoms with Crippen LogP contribution in [-0.4, -0.2) is 72.8 Å². The topological polar surface area (TPSA) is 65.0 Å². The Balaban J connectivity index is 0.00000268. The van der Waals surface area contributed by atoms with E-state index in [1.807, 2.05) is 13.1 Å². The molecule has 0 heterocycles. The zero-order valence-electron chi connectivity index (χ0n) is 26.9. The molecule has 0 fully saturated rings. The Kier molecular flexibility index (Phi) is 16.9. The molecule has 8 heteroatoms. The predicted molar refractivity (Wildman–Crippen MR) is 175 cm³/mol. The standard InChI is InChI=1S/C30H45Cl2N3O3.C3H8/c1-9-26(33-30(37)23-14-24(31)16-25(32)15-23)13-19(3)35(8)22(6)28-11-12-29(21(5)20(28)4)38-18-27(36)17-34(7)10-2;1-3-2/h11-12,14-16,19,22,26-27,36H,9-10,13,17-18H2,1-8H3,(H,33,37);3H2,1-2H3. The van der Waals surface area contributed by atoms with Crippen LogP contribution in [0.4, 0.5) is 0 Å². The van der Waals surface area contributed by atoms with Crippen LogP contribution in [0.1, 0.15) is 93.9 Å².